The summed E-state index contributed by atoms with van der Waals surface area (Å²) in [6, 6.07) is 14.0. The van der Waals surface area contributed by atoms with E-state index in [0.717, 1.165) is 51.6 Å². The minimum Gasteiger partial charge on any atom is -0.495 e. The van der Waals surface area contributed by atoms with Gasteiger partial charge in [0.25, 0.3) is 0 Å². The fourth-order valence-corrected chi connectivity index (χ4v) is 4.64. The summed E-state index contributed by atoms with van der Waals surface area (Å²) in [5.41, 5.74) is 3.95. The van der Waals surface area contributed by atoms with E-state index in [4.69, 9.17) is 4.74 Å². The molecular formula is C21H19BrN2O2S. The monoisotopic (exact) mass is 442 g/mol. The molecule has 1 amide bonds. The number of benzene rings is 2. The fraction of sp³-hybridized carbons (Fsp3) is 0.238. The highest BCUT2D eigenvalue weighted by atomic mass is 79.9. The number of nitrogens with zero attached hydrogens (tertiary/aromatic N) is 2. The Balaban J connectivity index is 1.56. The van der Waals surface area contributed by atoms with Crippen LogP contribution in [0, 0.1) is 0 Å². The number of thiazole rings is 1. The van der Waals surface area contributed by atoms with E-state index in [0.29, 0.717) is 6.42 Å². The van der Waals surface area contributed by atoms with Crippen molar-refractivity contribution in [3.8, 4) is 16.3 Å². The molecule has 0 spiro atoms. The van der Waals surface area contributed by atoms with E-state index in [9.17, 15) is 4.79 Å². The molecule has 2 heterocycles. The molecule has 138 valence electrons. The van der Waals surface area contributed by atoms with E-state index in [1.54, 1.807) is 18.4 Å². The van der Waals surface area contributed by atoms with Crippen LogP contribution < -0.4 is 9.64 Å². The lowest BCUT2D eigenvalue weighted by Crippen LogP contribution is -2.36. The first kappa shape index (κ1) is 18.2. The summed E-state index contributed by atoms with van der Waals surface area (Å²) in [5.74, 6) is 0.820. The average molecular weight is 443 g/mol. The van der Waals surface area contributed by atoms with Gasteiger partial charge in [-0.25, -0.2) is 4.98 Å². The Hall–Kier alpha value is -2.18. The second-order valence-electron chi connectivity index (χ2n) is 6.45. The van der Waals surface area contributed by atoms with Crippen LogP contribution in [0.2, 0.25) is 0 Å². The van der Waals surface area contributed by atoms with Crippen LogP contribution in [0.4, 0.5) is 5.69 Å². The van der Waals surface area contributed by atoms with Gasteiger partial charge in [-0.15, -0.1) is 11.3 Å². The van der Waals surface area contributed by atoms with Crippen LogP contribution in [0.3, 0.4) is 0 Å². The minimum atomic E-state index is 0.0616. The van der Waals surface area contributed by atoms with Crippen molar-refractivity contribution in [2.24, 2.45) is 0 Å². The van der Waals surface area contributed by atoms with Crippen LogP contribution in [-0.2, 0) is 17.6 Å². The zero-order valence-electron chi connectivity index (χ0n) is 14.9. The number of carbonyl (C=O) groups excluding carboxylic acids is 1. The largest absolute Gasteiger partial charge is 0.495 e. The number of carbonyl (C=O) groups is 1. The number of fused-ring (bicyclic) bond motifs is 1. The van der Waals surface area contributed by atoms with Gasteiger partial charge < -0.3 is 9.64 Å². The molecule has 4 rings (SSSR count). The van der Waals surface area contributed by atoms with Gasteiger partial charge in [-0.1, -0.05) is 40.2 Å². The van der Waals surface area contributed by atoms with Gasteiger partial charge in [-0.05, 0) is 36.6 Å². The molecule has 0 saturated heterocycles. The molecule has 2 aromatic carbocycles. The van der Waals surface area contributed by atoms with Gasteiger partial charge in [-0.2, -0.15) is 0 Å². The smallest absolute Gasteiger partial charge is 0.233 e. The minimum absolute atomic E-state index is 0.0616. The number of amides is 1. The second-order valence-corrected chi connectivity index (χ2v) is 8.22. The Kier molecular flexibility index (Phi) is 5.27. The second kappa shape index (κ2) is 7.82. The summed E-state index contributed by atoms with van der Waals surface area (Å²) in [7, 11) is 1.65. The predicted molar refractivity (Wildman–Crippen MR) is 113 cm³/mol. The van der Waals surface area contributed by atoms with E-state index in [-0.39, 0.29) is 5.91 Å². The van der Waals surface area contributed by atoms with E-state index in [1.165, 1.54) is 5.56 Å². The van der Waals surface area contributed by atoms with Crippen LogP contribution in [0.15, 0.2) is 52.3 Å². The first-order valence-electron chi connectivity index (χ1n) is 8.82. The number of aromatic nitrogens is 1. The van der Waals surface area contributed by atoms with Crippen molar-refractivity contribution >= 4 is 38.9 Å². The van der Waals surface area contributed by atoms with Crippen molar-refractivity contribution in [1.82, 2.24) is 4.98 Å². The molecule has 1 aliphatic heterocycles. The molecule has 4 nitrogen and oxygen atoms in total. The third-order valence-electron chi connectivity index (χ3n) is 4.66. The summed E-state index contributed by atoms with van der Waals surface area (Å²) in [4.78, 5) is 19.6. The standard InChI is InChI=1S/C21H19BrN2O2S/c1-26-18-9-3-5-14-7-4-10-24(20(14)18)19(25)12-17-13-27-21(23-17)15-6-2-8-16(22)11-15/h2-3,5-6,8-9,11,13H,4,7,10,12H2,1H3. The highest BCUT2D eigenvalue weighted by Crippen LogP contribution is 2.36. The first-order chi connectivity index (χ1) is 13.2. The number of methoxy groups -OCH3 is 1. The molecule has 1 aliphatic rings. The van der Waals surface area contributed by atoms with Crippen LogP contribution in [0.5, 0.6) is 5.75 Å². The number of halogens is 1. The van der Waals surface area contributed by atoms with Gasteiger partial charge in [0.15, 0.2) is 0 Å². The fourth-order valence-electron chi connectivity index (χ4n) is 3.42. The Bertz CT molecular complexity index is 972. The van der Waals surface area contributed by atoms with E-state index in [2.05, 4.69) is 27.0 Å². The SMILES string of the molecule is COc1cccc2c1N(C(=O)Cc1csc(-c3cccc(Br)c3)n1)CCC2. The molecule has 0 saturated carbocycles. The number of rotatable bonds is 4. The summed E-state index contributed by atoms with van der Waals surface area (Å²) < 4.78 is 6.52. The summed E-state index contributed by atoms with van der Waals surface area (Å²) >= 11 is 5.06. The van der Waals surface area contributed by atoms with E-state index < -0.39 is 0 Å². The van der Waals surface area contributed by atoms with Gasteiger partial charge in [0.1, 0.15) is 10.8 Å². The molecule has 0 radical (unpaired) electrons. The molecule has 3 aromatic rings. The quantitative estimate of drug-likeness (QED) is 0.563. The molecule has 0 bridgehead atoms. The average Bonchev–Trinajstić information content (AvgIpc) is 3.15. The zero-order valence-corrected chi connectivity index (χ0v) is 17.3. The molecule has 0 fully saturated rings. The zero-order chi connectivity index (χ0) is 18.8. The molecule has 0 aliphatic carbocycles. The Morgan fingerprint density at radius 3 is 2.96 bits per heavy atom. The summed E-state index contributed by atoms with van der Waals surface area (Å²) in [6.45, 7) is 0.717. The maximum absolute atomic E-state index is 13.0. The van der Waals surface area contributed by atoms with Gasteiger partial charge in [0, 0.05) is 22.0 Å². The van der Waals surface area contributed by atoms with E-state index >= 15 is 0 Å². The third-order valence-corrected chi connectivity index (χ3v) is 6.09. The Labute approximate surface area is 170 Å². The lowest BCUT2D eigenvalue weighted by molar-refractivity contribution is -0.118. The lowest BCUT2D eigenvalue weighted by atomic mass is 10.0. The lowest BCUT2D eigenvalue weighted by Gasteiger charge is -2.30. The number of aryl methyl sites for hydroxylation is 1. The highest BCUT2D eigenvalue weighted by Gasteiger charge is 2.26. The topological polar surface area (TPSA) is 42.4 Å². The highest BCUT2D eigenvalue weighted by molar-refractivity contribution is 9.10. The summed E-state index contributed by atoms with van der Waals surface area (Å²) in [5, 5.41) is 2.90. The van der Waals surface area contributed by atoms with Crippen molar-refractivity contribution in [3.05, 3.63) is 63.6 Å². The van der Waals surface area contributed by atoms with Crippen molar-refractivity contribution in [2.45, 2.75) is 19.3 Å². The molecule has 6 heteroatoms. The predicted octanol–water partition coefficient (Wildman–Crippen LogP) is 5.10. The Morgan fingerprint density at radius 1 is 1.30 bits per heavy atom. The normalized spacial score (nSPS) is 13.3. The number of hydrogen-bond acceptors (Lipinski definition) is 4. The number of anilines is 1. The molecule has 0 N–H and O–H groups in total. The molecule has 27 heavy (non-hydrogen) atoms. The summed E-state index contributed by atoms with van der Waals surface area (Å²) in [6.07, 6.45) is 2.23. The van der Waals surface area contributed by atoms with Gasteiger partial charge in [0.2, 0.25) is 5.91 Å². The molecule has 1 aromatic heterocycles. The van der Waals surface area contributed by atoms with Gasteiger partial charge in [0.05, 0.1) is 24.9 Å². The molecule has 0 unspecified atom stereocenters. The third kappa shape index (κ3) is 3.77. The van der Waals surface area contributed by atoms with Crippen molar-refractivity contribution < 1.29 is 9.53 Å². The molecular weight excluding hydrogens is 424 g/mol. The van der Waals surface area contributed by atoms with E-state index in [1.807, 2.05) is 46.7 Å². The van der Waals surface area contributed by atoms with Crippen LogP contribution in [0.25, 0.3) is 10.6 Å². The maximum Gasteiger partial charge on any atom is 0.233 e. The molecule has 0 atom stereocenters. The van der Waals surface area contributed by atoms with Gasteiger partial charge >= 0.3 is 0 Å². The number of para-hydroxylation sites is 1. The van der Waals surface area contributed by atoms with Crippen LogP contribution in [0.1, 0.15) is 17.7 Å². The Morgan fingerprint density at radius 2 is 2.15 bits per heavy atom. The van der Waals surface area contributed by atoms with Crippen molar-refractivity contribution in [3.63, 3.8) is 0 Å². The van der Waals surface area contributed by atoms with Crippen LogP contribution in [-0.4, -0.2) is 24.5 Å². The van der Waals surface area contributed by atoms with Crippen molar-refractivity contribution in [1.29, 1.82) is 0 Å². The number of hydrogen-bond donors (Lipinski definition) is 0. The van der Waals surface area contributed by atoms with Gasteiger partial charge in [-0.3, -0.25) is 4.79 Å². The first-order valence-corrected chi connectivity index (χ1v) is 10.5. The van der Waals surface area contributed by atoms with Crippen LogP contribution >= 0.6 is 27.3 Å². The van der Waals surface area contributed by atoms with Crippen molar-refractivity contribution in [2.75, 3.05) is 18.6 Å². The number of ether oxygens (including phenoxy) is 1. The maximum atomic E-state index is 13.0.